The van der Waals surface area contributed by atoms with E-state index in [1.165, 1.54) is 0 Å². The molecule has 2 heterocycles. The van der Waals surface area contributed by atoms with Crippen molar-refractivity contribution in [3.8, 4) is 0 Å². The van der Waals surface area contributed by atoms with Crippen molar-refractivity contribution in [3.05, 3.63) is 6.20 Å². The van der Waals surface area contributed by atoms with Gasteiger partial charge in [0.1, 0.15) is 11.0 Å². The summed E-state index contributed by atoms with van der Waals surface area (Å²) in [5.41, 5.74) is 7.06. The minimum Gasteiger partial charge on any atom is -0.368 e. The lowest BCUT2D eigenvalue weighted by atomic mass is 10.3. The van der Waals surface area contributed by atoms with E-state index in [-0.39, 0.29) is 12.0 Å². The van der Waals surface area contributed by atoms with Crippen LogP contribution < -0.4 is 11.1 Å². The minimum absolute atomic E-state index is 0.252. The zero-order valence-electron chi connectivity index (χ0n) is 8.07. The fourth-order valence-electron chi connectivity index (χ4n) is 1.24. The minimum atomic E-state index is 0.252. The van der Waals surface area contributed by atoms with Crippen LogP contribution in [0.15, 0.2) is 6.20 Å². The van der Waals surface area contributed by atoms with Gasteiger partial charge in [0.25, 0.3) is 0 Å². The van der Waals surface area contributed by atoms with Crippen molar-refractivity contribution >= 4 is 22.8 Å². The Morgan fingerprint density at radius 3 is 2.93 bits per heavy atom. The Morgan fingerprint density at radius 1 is 1.43 bits per heavy atom. The first-order valence-electron chi connectivity index (χ1n) is 4.40. The molecule has 0 atom stereocenters. The molecule has 6 nitrogen and oxygen atoms in total. The Bertz CT molecular complexity index is 446. The highest BCUT2D eigenvalue weighted by molar-refractivity contribution is 5.85. The summed E-state index contributed by atoms with van der Waals surface area (Å²) in [6, 6.07) is 0.288. The molecule has 0 aliphatic heterocycles. The summed E-state index contributed by atoms with van der Waals surface area (Å²) in [5.74, 6) is 0.946. The van der Waals surface area contributed by atoms with Crippen molar-refractivity contribution in [2.45, 2.75) is 19.9 Å². The van der Waals surface area contributed by atoms with Crippen LogP contribution in [0.5, 0.6) is 0 Å². The van der Waals surface area contributed by atoms with E-state index in [0.29, 0.717) is 5.82 Å². The highest BCUT2D eigenvalue weighted by atomic mass is 15.2. The number of hydrogen-bond acceptors (Lipinski definition) is 5. The fraction of sp³-hybridized carbons (Fsp3) is 0.375. The summed E-state index contributed by atoms with van der Waals surface area (Å²) < 4.78 is 0. The van der Waals surface area contributed by atoms with E-state index in [4.69, 9.17) is 5.73 Å². The van der Waals surface area contributed by atoms with Gasteiger partial charge in [0.15, 0.2) is 5.82 Å². The van der Waals surface area contributed by atoms with Crippen molar-refractivity contribution in [1.29, 1.82) is 0 Å². The number of aromatic amines is 1. The van der Waals surface area contributed by atoms with Gasteiger partial charge in [0, 0.05) is 6.04 Å². The molecule has 2 rings (SSSR count). The number of hydrogen-bond donors (Lipinski definition) is 3. The van der Waals surface area contributed by atoms with Crippen LogP contribution in [0.3, 0.4) is 0 Å². The fourth-order valence-corrected chi connectivity index (χ4v) is 1.24. The molecule has 0 saturated carbocycles. The Labute approximate surface area is 80.9 Å². The van der Waals surface area contributed by atoms with E-state index in [9.17, 15) is 0 Å². The predicted molar refractivity (Wildman–Crippen MR) is 54.9 cm³/mol. The molecule has 0 unspecified atom stereocenters. The molecule has 0 radical (unpaired) electrons. The van der Waals surface area contributed by atoms with Crippen molar-refractivity contribution in [2.75, 3.05) is 11.1 Å². The normalized spacial score (nSPS) is 11.1. The van der Waals surface area contributed by atoms with E-state index in [1.807, 2.05) is 13.8 Å². The number of nitrogens with one attached hydrogen (secondary N) is 2. The average molecular weight is 192 g/mol. The predicted octanol–water partition coefficient (Wildman–Crippen LogP) is 0.755. The summed E-state index contributed by atoms with van der Waals surface area (Å²) in [6.07, 6.45) is 1.62. The lowest BCUT2D eigenvalue weighted by Gasteiger charge is -2.09. The summed E-state index contributed by atoms with van der Waals surface area (Å²) in [6.45, 7) is 4.06. The molecule has 4 N–H and O–H groups in total. The van der Waals surface area contributed by atoms with Crippen molar-refractivity contribution in [2.24, 2.45) is 0 Å². The van der Waals surface area contributed by atoms with Crippen LogP contribution in [-0.2, 0) is 0 Å². The first-order chi connectivity index (χ1) is 6.66. The molecule has 0 aromatic carbocycles. The van der Waals surface area contributed by atoms with Gasteiger partial charge in [0.2, 0.25) is 5.95 Å². The van der Waals surface area contributed by atoms with Crippen LogP contribution in [0.4, 0.5) is 11.8 Å². The maximum Gasteiger partial charge on any atom is 0.222 e. The molecule has 0 saturated heterocycles. The highest BCUT2D eigenvalue weighted by Crippen LogP contribution is 2.18. The zero-order chi connectivity index (χ0) is 10.1. The number of aromatic nitrogens is 4. The Morgan fingerprint density at radius 2 is 2.21 bits per heavy atom. The van der Waals surface area contributed by atoms with Gasteiger partial charge in [-0.2, -0.15) is 10.1 Å². The number of H-pyrrole nitrogens is 1. The van der Waals surface area contributed by atoms with Crippen LogP contribution >= 0.6 is 0 Å². The SMILES string of the molecule is CC(C)Nc1nc(N)nc2cn[nH]c12. The monoisotopic (exact) mass is 192 g/mol. The third-order valence-corrected chi connectivity index (χ3v) is 1.74. The van der Waals surface area contributed by atoms with E-state index in [2.05, 4.69) is 25.5 Å². The second kappa shape index (κ2) is 3.13. The number of nitrogens with zero attached hydrogens (tertiary/aromatic N) is 3. The summed E-state index contributed by atoms with van der Waals surface area (Å²) >= 11 is 0. The molecule has 74 valence electrons. The molecule has 0 aliphatic rings. The van der Waals surface area contributed by atoms with E-state index < -0.39 is 0 Å². The average Bonchev–Trinajstić information content (AvgIpc) is 2.50. The van der Waals surface area contributed by atoms with Gasteiger partial charge in [-0.05, 0) is 13.8 Å². The Balaban J connectivity index is 2.55. The molecule has 0 aliphatic carbocycles. The highest BCUT2D eigenvalue weighted by Gasteiger charge is 2.08. The summed E-state index contributed by atoms with van der Waals surface area (Å²) in [7, 11) is 0. The molecule has 0 bridgehead atoms. The Hall–Kier alpha value is -1.85. The smallest absolute Gasteiger partial charge is 0.222 e. The van der Waals surface area contributed by atoms with Crippen LogP contribution in [0.2, 0.25) is 0 Å². The van der Waals surface area contributed by atoms with Gasteiger partial charge in [-0.1, -0.05) is 0 Å². The van der Waals surface area contributed by atoms with E-state index in [1.54, 1.807) is 6.20 Å². The Kier molecular flexibility index (Phi) is 1.95. The maximum atomic E-state index is 5.56. The first kappa shape index (κ1) is 8.74. The van der Waals surface area contributed by atoms with Crippen LogP contribution in [-0.4, -0.2) is 26.2 Å². The van der Waals surface area contributed by atoms with Gasteiger partial charge in [-0.25, -0.2) is 4.98 Å². The maximum absolute atomic E-state index is 5.56. The third kappa shape index (κ3) is 1.46. The van der Waals surface area contributed by atoms with Gasteiger partial charge in [-0.3, -0.25) is 5.10 Å². The quantitative estimate of drug-likeness (QED) is 0.653. The number of nitrogens with two attached hydrogens (primary N) is 1. The number of anilines is 2. The van der Waals surface area contributed by atoms with Crippen molar-refractivity contribution < 1.29 is 0 Å². The summed E-state index contributed by atoms with van der Waals surface area (Å²) in [5, 5.41) is 9.89. The topological polar surface area (TPSA) is 92.5 Å². The number of nitrogen functional groups attached to an aromatic ring is 1. The van der Waals surface area contributed by atoms with Crippen molar-refractivity contribution in [1.82, 2.24) is 20.2 Å². The van der Waals surface area contributed by atoms with E-state index >= 15 is 0 Å². The van der Waals surface area contributed by atoms with E-state index in [0.717, 1.165) is 11.0 Å². The molecular formula is C8H12N6. The van der Waals surface area contributed by atoms with Gasteiger partial charge in [-0.15, -0.1) is 0 Å². The van der Waals surface area contributed by atoms with Gasteiger partial charge in [0.05, 0.1) is 6.20 Å². The van der Waals surface area contributed by atoms with Crippen LogP contribution in [0.25, 0.3) is 11.0 Å². The summed E-state index contributed by atoms with van der Waals surface area (Å²) in [4.78, 5) is 8.13. The standard InChI is InChI=1S/C8H12N6/c1-4(2)11-7-6-5(3-10-14-6)12-8(9)13-7/h3-4H,1-2H3,(H,10,14)(H3,9,11,12,13). The second-order valence-electron chi connectivity index (χ2n) is 3.36. The van der Waals surface area contributed by atoms with Crippen molar-refractivity contribution in [3.63, 3.8) is 0 Å². The van der Waals surface area contributed by atoms with Crippen LogP contribution in [0.1, 0.15) is 13.8 Å². The number of rotatable bonds is 2. The largest absolute Gasteiger partial charge is 0.368 e. The molecule has 0 spiro atoms. The van der Waals surface area contributed by atoms with Gasteiger partial charge >= 0.3 is 0 Å². The lowest BCUT2D eigenvalue weighted by molar-refractivity contribution is 0.890. The van der Waals surface area contributed by atoms with Crippen LogP contribution in [0, 0.1) is 0 Å². The molecule has 0 amide bonds. The third-order valence-electron chi connectivity index (χ3n) is 1.74. The van der Waals surface area contributed by atoms with Gasteiger partial charge < -0.3 is 11.1 Å². The molecule has 14 heavy (non-hydrogen) atoms. The molecule has 2 aromatic heterocycles. The first-order valence-corrected chi connectivity index (χ1v) is 4.40. The molecule has 2 aromatic rings. The molecule has 0 fully saturated rings. The number of fused-ring (bicyclic) bond motifs is 1. The molecule has 6 heteroatoms. The lowest BCUT2D eigenvalue weighted by Crippen LogP contribution is -2.12. The molecular weight excluding hydrogens is 180 g/mol. The second-order valence-corrected chi connectivity index (χ2v) is 3.36. The zero-order valence-corrected chi connectivity index (χ0v) is 8.07.